The van der Waals surface area contributed by atoms with Crippen molar-refractivity contribution in [1.29, 1.82) is 0 Å². The van der Waals surface area contributed by atoms with Crippen LogP contribution in [0, 0.1) is 6.92 Å². The van der Waals surface area contributed by atoms with Crippen molar-refractivity contribution in [2.24, 2.45) is 0 Å². The summed E-state index contributed by atoms with van der Waals surface area (Å²) in [4.78, 5) is 11.6. The van der Waals surface area contributed by atoms with Crippen LogP contribution in [0.4, 0.5) is 17.1 Å². The Hall–Kier alpha value is -2.69. The highest BCUT2D eigenvalue weighted by Crippen LogP contribution is 2.27. The zero-order chi connectivity index (χ0) is 15.4. The number of nitrogens with one attached hydrogen (secondary N) is 1. The molecule has 0 saturated carbocycles. The van der Waals surface area contributed by atoms with Gasteiger partial charge in [0.05, 0.1) is 31.2 Å². The molecule has 0 fully saturated rings. The van der Waals surface area contributed by atoms with Crippen LogP contribution < -0.4 is 15.8 Å². The average Bonchev–Trinajstić information content (AvgIpc) is 2.49. The van der Waals surface area contributed by atoms with Gasteiger partial charge >= 0.3 is 5.97 Å². The monoisotopic (exact) mass is 286 g/mol. The molecule has 0 unspecified atom stereocenters. The van der Waals surface area contributed by atoms with Crippen molar-refractivity contribution in [3.05, 3.63) is 47.5 Å². The molecule has 5 heteroatoms. The number of aryl methyl sites for hydroxylation is 1. The van der Waals surface area contributed by atoms with Gasteiger partial charge < -0.3 is 20.5 Å². The summed E-state index contributed by atoms with van der Waals surface area (Å²) in [7, 11) is 2.98. The van der Waals surface area contributed by atoms with E-state index in [9.17, 15) is 4.79 Å². The van der Waals surface area contributed by atoms with Crippen LogP contribution in [0.15, 0.2) is 36.4 Å². The van der Waals surface area contributed by atoms with Crippen LogP contribution in [0.2, 0.25) is 0 Å². The Bertz CT molecular complexity index is 669. The van der Waals surface area contributed by atoms with E-state index in [4.69, 9.17) is 15.2 Å². The summed E-state index contributed by atoms with van der Waals surface area (Å²) in [5, 5.41) is 3.20. The van der Waals surface area contributed by atoms with E-state index >= 15 is 0 Å². The quantitative estimate of drug-likeness (QED) is 0.667. The third kappa shape index (κ3) is 3.25. The van der Waals surface area contributed by atoms with E-state index in [1.165, 1.54) is 7.11 Å². The first-order chi connectivity index (χ1) is 10.0. The largest absolute Gasteiger partial charge is 0.496 e. The lowest BCUT2D eigenvalue weighted by atomic mass is 10.1. The molecule has 0 aliphatic rings. The van der Waals surface area contributed by atoms with Crippen molar-refractivity contribution in [1.82, 2.24) is 0 Å². The standard InChI is InChI=1S/C16H18N2O3/c1-10-8-12(5-7-15(10)20-2)18-14-9-11(16(19)21-3)4-6-13(14)17/h4-9,18H,17H2,1-3H3. The molecule has 0 radical (unpaired) electrons. The zero-order valence-corrected chi connectivity index (χ0v) is 12.3. The van der Waals surface area contributed by atoms with E-state index < -0.39 is 5.97 Å². The Morgan fingerprint density at radius 2 is 1.90 bits per heavy atom. The first-order valence-electron chi connectivity index (χ1n) is 6.44. The molecule has 0 aliphatic carbocycles. The van der Waals surface area contributed by atoms with Crippen LogP contribution in [0.3, 0.4) is 0 Å². The summed E-state index contributed by atoms with van der Waals surface area (Å²) in [5.74, 6) is 0.417. The van der Waals surface area contributed by atoms with E-state index in [1.807, 2.05) is 25.1 Å². The maximum atomic E-state index is 11.6. The van der Waals surface area contributed by atoms with Crippen molar-refractivity contribution >= 4 is 23.0 Å². The number of ether oxygens (including phenoxy) is 2. The minimum absolute atomic E-state index is 0.399. The van der Waals surface area contributed by atoms with Gasteiger partial charge in [-0.25, -0.2) is 4.79 Å². The molecular weight excluding hydrogens is 268 g/mol. The highest BCUT2D eigenvalue weighted by Gasteiger charge is 2.09. The summed E-state index contributed by atoms with van der Waals surface area (Å²) >= 11 is 0. The maximum absolute atomic E-state index is 11.6. The SMILES string of the molecule is COC(=O)c1ccc(N)c(Nc2ccc(OC)c(C)c2)c1. The van der Waals surface area contributed by atoms with E-state index in [1.54, 1.807) is 25.3 Å². The Kier molecular flexibility index (Phi) is 4.33. The van der Waals surface area contributed by atoms with E-state index in [0.29, 0.717) is 16.9 Å². The van der Waals surface area contributed by atoms with Gasteiger partial charge in [0, 0.05) is 5.69 Å². The molecule has 21 heavy (non-hydrogen) atoms. The highest BCUT2D eigenvalue weighted by atomic mass is 16.5. The van der Waals surface area contributed by atoms with E-state index in [-0.39, 0.29) is 0 Å². The molecule has 3 N–H and O–H groups in total. The number of hydrogen-bond acceptors (Lipinski definition) is 5. The molecule has 2 aromatic carbocycles. The van der Waals surface area contributed by atoms with Crippen LogP contribution in [-0.2, 0) is 4.74 Å². The third-order valence-electron chi connectivity index (χ3n) is 3.15. The molecule has 2 aromatic rings. The molecule has 0 amide bonds. The zero-order valence-electron chi connectivity index (χ0n) is 12.3. The lowest BCUT2D eigenvalue weighted by molar-refractivity contribution is 0.0601. The molecule has 0 aliphatic heterocycles. The van der Waals surface area contributed by atoms with Gasteiger partial charge in [-0.3, -0.25) is 0 Å². The number of nitrogens with two attached hydrogens (primary N) is 1. The van der Waals surface area contributed by atoms with Crippen molar-refractivity contribution < 1.29 is 14.3 Å². The van der Waals surface area contributed by atoms with Crippen LogP contribution in [0.5, 0.6) is 5.75 Å². The molecule has 110 valence electrons. The molecule has 0 heterocycles. The first-order valence-corrected chi connectivity index (χ1v) is 6.44. The number of hydrogen-bond donors (Lipinski definition) is 2. The minimum atomic E-state index is -0.399. The Balaban J connectivity index is 2.30. The van der Waals surface area contributed by atoms with E-state index in [0.717, 1.165) is 17.0 Å². The number of carbonyl (C=O) groups is 1. The number of methoxy groups -OCH3 is 2. The smallest absolute Gasteiger partial charge is 0.337 e. The van der Waals surface area contributed by atoms with Gasteiger partial charge in [0.25, 0.3) is 0 Å². The lowest BCUT2D eigenvalue weighted by Gasteiger charge is -2.12. The molecule has 0 bridgehead atoms. The Morgan fingerprint density at radius 3 is 2.52 bits per heavy atom. The van der Waals surface area contributed by atoms with Crippen LogP contribution in [0.25, 0.3) is 0 Å². The number of nitrogen functional groups attached to an aromatic ring is 1. The molecule has 2 rings (SSSR count). The normalized spacial score (nSPS) is 10.0. The number of anilines is 3. The summed E-state index contributed by atoms with van der Waals surface area (Å²) in [5.41, 5.74) is 9.45. The van der Waals surface area contributed by atoms with Gasteiger partial charge in [0.15, 0.2) is 0 Å². The summed E-state index contributed by atoms with van der Waals surface area (Å²) in [6, 6.07) is 10.7. The first kappa shape index (κ1) is 14.7. The fourth-order valence-electron chi connectivity index (χ4n) is 2.02. The molecule has 0 atom stereocenters. The number of rotatable bonds is 4. The van der Waals surface area contributed by atoms with Crippen molar-refractivity contribution in [3.8, 4) is 5.75 Å². The number of carbonyl (C=O) groups excluding carboxylic acids is 1. The predicted molar refractivity (Wildman–Crippen MR) is 83.2 cm³/mol. The van der Waals surface area contributed by atoms with Gasteiger partial charge in [-0.1, -0.05) is 0 Å². The van der Waals surface area contributed by atoms with Gasteiger partial charge in [-0.15, -0.1) is 0 Å². The van der Waals surface area contributed by atoms with Gasteiger partial charge in [-0.05, 0) is 48.9 Å². The second-order valence-corrected chi connectivity index (χ2v) is 4.60. The van der Waals surface area contributed by atoms with Gasteiger partial charge in [0.1, 0.15) is 5.75 Å². The van der Waals surface area contributed by atoms with E-state index in [2.05, 4.69) is 5.32 Å². The molecule has 0 saturated heterocycles. The summed E-state index contributed by atoms with van der Waals surface area (Å²) in [6.07, 6.45) is 0. The van der Waals surface area contributed by atoms with Crippen molar-refractivity contribution in [3.63, 3.8) is 0 Å². The van der Waals surface area contributed by atoms with Crippen LogP contribution >= 0.6 is 0 Å². The minimum Gasteiger partial charge on any atom is -0.496 e. The second kappa shape index (κ2) is 6.17. The fraction of sp³-hybridized carbons (Fsp3) is 0.188. The second-order valence-electron chi connectivity index (χ2n) is 4.60. The van der Waals surface area contributed by atoms with Crippen molar-refractivity contribution in [2.75, 3.05) is 25.3 Å². The number of benzene rings is 2. The Labute approximate surface area is 123 Å². The average molecular weight is 286 g/mol. The topological polar surface area (TPSA) is 73.6 Å². The van der Waals surface area contributed by atoms with Gasteiger partial charge in [0.2, 0.25) is 0 Å². The maximum Gasteiger partial charge on any atom is 0.337 e. The van der Waals surface area contributed by atoms with Crippen molar-refractivity contribution in [2.45, 2.75) is 6.92 Å². The van der Waals surface area contributed by atoms with Crippen LogP contribution in [-0.4, -0.2) is 20.2 Å². The molecule has 5 nitrogen and oxygen atoms in total. The molecule has 0 spiro atoms. The number of esters is 1. The summed E-state index contributed by atoms with van der Waals surface area (Å²) < 4.78 is 9.93. The predicted octanol–water partition coefficient (Wildman–Crippen LogP) is 3.12. The highest BCUT2D eigenvalue weighted by molar-refractivity contribution is 5.92. The molecular formula is C16H18N2O3. The summed E-state index contributed by atoms with van der Waals surface area (Å²) in [6.45, 7) is 1.96. The lowest BCUT2D eigenvalue weighted by Crippen LogP contribution is -2.04. The fourth-order valence-corrected chi connectivity index (χ4v) is 2.02. The molecule has 0 aromatic heterocycles. The van der Waals surface area contributed by atoms with Crippen LogP contribution in [0.1, 0.15) is 15.9 Å². The third-order valence-corrected chi connectivity index (χ3v) is 3.15. The Morgan fingerprint density at radius 1 is 1.14 bits per heavy atom. The van der Waals surface area contributed by atoms with Gasteiger partial charge in [-0.2, -0.15) is 0 Å².